The zero-order valence-electron chi connectivity index (χ0n) is 16.9. The summed E-state index contributed by atoms with van der Waals surface area (Å²) in [7, 11) is 0. The maximum atomic E-state index is 12.8. The molecule has 0 radical (unpaired) electrons. The SMILES string of the molecule is Cc1ccc(NC(=O)CSc2nc3sc(C)c(-c4ccccc4)c3c(=O)[nH]2)c(C)c1. The Labute approximate surface area is 182 Å². The van der Waals surface area contributed by atoms with Gasteiger partial charge in [0.25, 0.3) is 5.56 Å². The van der Waals surface area contributed by atoms with Crippen LogP contribution in [-0.4, -0.2) is 21.6 Å². The molecule has 2 aromatic carbocycles. The van der Waals surface area contributed by atoms with Crippen LogP contribution in [0.4, 0.5) is 5.69 Å². The number of rotatable bonds is 5. The number of nitrogens with zero attached hydrogens (tertiary/aromatic N) is 1. The van der Waals surface area contributed by atoms with Gasteiger partial charge >= 0.3 is 0 Å². The quantitative estimate of drug-likeness (QED) is 0.329. The highest BCUT2D eigenvalue weighted by atomic mass is 32.2. The van der Waals surface area contributed by atoms with Gasteiger partial charge in [0, 0.05) is 16.1 Å². The molecule has 0 atom stereocenters. The first-order valence-corrected chi connectivity index (χ1v) is 11.3. The molecule has 0 saturated carbocycles. The van der Waals surface area contributed by atoms with Gasteiger partial charge in [0.1, 0.15) is 4.83 Å². The summed E-state index contributed by atoms with van der Waals surface area (Å²) >= 11 is 2.72. The fraction of sp³-hybridized carbons (Fsp3) is 0.174. The van der Waals surface area contributed by atoms with Crippen molar-refractivity contribution in [2.75, 3.05) is 11.1 Å². The van der Waals surface area contributed by atoms with E-state index in [9.17, 15) is 9.59 Å². The number of H-pyrrole nitrogens is 1. The molecule has 1 amide bonds. The standard InChI is InChI=1S/C23H21N3O2S2/c1-13-9-10-17(14(2)11-13)24-18(27)12-29-23-25-21(28)20-19(15(3)30-22(20)26-23)16-7-5-4-6-8-16/h4-11H,12H2,1-3H3,(H,24,27)(H,25,26,28). The van der Waals surface area contributed by atoms with Gasteiger partial charge in [-0.1, -0.05) is 59.8 Å². The van der Waals surface area contributed by atoms with E-state index in [1.807, 2.05) is 69.3 Å². The van der Waals surface area contributed by atoms with Crippen molar-refractivity contribution in [1.29, 1.82) is 0 Å². The second-order valence-corrected chi connectivity index (χ2v) is 9.27. The molecule has 0 spiro atoms. The van der Waals surface area contributed by atoms with Crippen LogP contribution in [-0.2, 0) is 4.79 Å². The molecule has 0 aliphatic carbocycles. The van der Waals surface area contributed by atoms with Crippen LogP contribution in [0.3, 0.4) is 0 Å². The van der Waals surface area contributed by atoms with Gasteiger partial charge in [-0.2, -0.15) is 0 Å². The molecule has 0 aliphatic heterocycles. The van der Waals surface area contributed by atoms with E-state index in [-0.39, 0.29) is 17.2 Å². The van der Waals surface area contributed by atoms with E-state index < -0.39 is 0 Å². The number of amides is 1. The van der Waals surface area contributed by atoms with Gasteiger partial charge in [0.2, 0.25) is 5.91 Å². The van der Waals surface area contributed by atoms with E-state index in [2.05, 4.69) is 15.3 Å². The first kappa shape index (κ1) is 20.4. The summed E-state index contributed by atoms with van der Waals surface area (Å²) in [5.74, 6) is 0.0273. The molecule has 2 aromatic heterocycles. The predicted octanol–water partition coefficient (Wildman–Crippen LogP) is 5.31. The summed E-state index contributed by atoms with van der Waals surface area (Å²) in [5.41, 5.74) is 4.71. The normalized spacial score (nSPS) is 11.0. The minimum atomic E-state index is -0.180. The monoisotopic (exact) mass is 435 g/mol. The fourth-order valence-corrected chi connectivity index (χ4v) is 5.16. The molecule has 0 aliphatic rings. The van der Waals surface area contributed by atoms with E-state index in [4.69, 9.17) is 0 Å². The van der Waals surface area contributed by atoms with Crippen molar-refractivity contribution in [2.24, 2.45) is 0 Å². The summed E-state index contributed by atoms with van der Waals surface area (Å²) in [4.78, 5) is 34.3. The highest BCUT2D eigenvalue weighted by Crippen LogP contribution is 2.35. The molecule has 4 aromatic rings. The zero-order chi connectivity index (χ0) is 21.3. The Kier molecular flexibility index (Phi) is 5.74. The third kappa shape index (κ3) is 4.17. The van der Waals surface area contributed by atoms with Crippen molar-refractivity contribution < 1.29 is 4.79 Å². The first-order valence-electron chi connectivity index (χ1n) is 9.51. The summed E-state index contributed by atoms with van der Waals surface area (Å²) in [6, 6.07) is 15.7. The van der Waals surface area contributed by atoms with E-state index in [0.717, 1.165) is 32.8 Å². The summed E-state index contributed by atoms with van der Waals surface area (Å²) in [6.07, 6.45) is 0. The van der Waals surface area contributed by atoms with Gasteiger partial charge in [0.05, 0.1) is 11.1 Å². The summed E-state index contributed by atoms with van der Waals surface area (Å²) < 4.78 is 0. The number of benzene rings is 2. The topological polar surface area (TPSA) is 74.8 Å². The lowest BCUT2D eigenvalue weighted by Crippen LogP contribution is -2.16. The Morgan fingerprint density at radius 2 is 1.90 bits per heavy atom. The molecule has 2 heterocycles. The first-order chi connectivity index (χ1) is 14.4. The average molecular weight is 436 g/mol. The number of aryl methyl sites for hydroxylation is 3. The van der Waals surface area contributed by atoms with Crippen molar-refractivity contribution in [3.8, 4) is 11.1 Å². The van der Waals surface area contributed by atoms with E-state index in [1.165, 1.54) is 23.1 Å². The molecule has 30 heavy (non-hydrogen) atoms. The van der Waals surface area contributed by atoms with Crippen LogP contribution in [0, 0.1) is 20.8 Å². The lowest BCUT2D eigenvalue weighted by molar-refractivity contribution is -0.113. The third-order valence-corrected chi connectivity index (χ3v) is 6.65. The van der Waals surface area contributed by atoms with Crippen molar-refractivity contribution in [1.82, 2.24) is 9.97 Å². The van der Waals surface area contributed by atoms with Crippen molar-refractivity contribution in [2.45, 2.75) is 25.9 Å². The Balaban J connectivity index is 1.54. The number of anilines is 1. The lowest BCUT2D eigenvalue weighted by atomic mass is 10.0. The van der Waals surface area contributed by atoms with Crippen LogP contribution >= 0.6 is 23.1 Å². The number of carbonyl (C=O) groups excluding carboxylic acids is 1. The molecule has 7 heteroatoms. The van der Waals surface area contributed by atoms with E-state index in [1.54, 1.807) is 0 Å². The van der Waals surface area contributed by atoms with Gasteiger partial charge in [-0.05, 0) is 38.0 Å². The van der Waals surface area contributed by atoms with Gasteiger partial charge in [0.15, 0.2) is 5.16 Å². The summed E-state index contributed by atoms with van der Waals surface area (Å²) in [6.45, 7) is 5.98. The molecule has 0 fully saturated rings. The third-order valence-electron chi connectivity index (χ3n) is 4.77. The molecule has 152 valence electrons. The summed E-state index contributed by atoms with van der Waals surface area (Å²) in [5, 5.41) is 3.97. The highest BCUT2D eigenvalue weighted by molar-refractivity contribution is 7.99. The molecule has 2 N–H and O–H groups in total. The molecular formula is C23H21N3O2S2. The van der Waals surface area contributed by atoms with Crippen LogP contribution in [0.1, 0.15) is 16.0 Å². The smallest absolute Gasteiger partial charge is 0.260 e. The van der Waals surface area contributed by atoms with Crippen molar-refractivity contribution in [3.63, 3.8) is 0 Å². The highest BCUT2D eigenvalue weighted by Gasteiger charge is 2.17. The average Bonchev–Trinajstić information content (AvgIpc) is 3.05. The molecule has 0 bridgehead atoms. The number of aromatic amines is 1. The lowest BCUT2D eigenvalue weighted by Gasteiger charge is -2.09. The van der Waals surface area contributed by atoms with Crippen LogP contribution in [0.2, 0.25) is 0 Å². The van der Waals surface area contributed by atoms with Gasteiger partial charge in [-0.25, -0.2) is 4.98 Å². The maximum Gasteiger partial charge on any atom is 0.260 e. The molecule has 0 unspecified atom stereocenters. The molecule has 4 rings (SSSR count). The van der Waals surface area contributed by atoms with Crippen molar-refractivity contribution >= 4 is 44.9 Å². The van der Waals surface area contributed by atoms with E-state index >= 15 is 0 Å². The molecular weight excluding hydrogens is 414 g/mol. The number of thiophene rings is 1. The number of carbonyl (C=O) groups is 1. The Morgan fingerprint density at radius 3 is 2.63 bits per heavy atom. The number of thioether (sulfide) groups is 1. The minimum Gasteiger partial charge on any atom is -0.325 e. The Hall–Kier alpha value is -2.90. The number of aromatic nitrogens is 2. The second kappa shape index (κ2) is 8.45. The molecule has 0 saturated heterocycles. The predicted molar refractivity (Wildman–Crippen MR) is 126 cm³/mol. The van der Waals surface area contributed by atoms with Gasteiger partial charge in [-0.3, -0.25) is 9.59 Å². The van der Waals surface area contributed by atoms with Crippen LogP contribution in [0.25, 0.3) is 21.3 Å². The van der Waals surface area contributed by atoms with Gasteiger partial charge in [-0.15, -0.1) is 11.3 Å². The number of hydrogen-bond acceptors (Lipinski definition) is 5. The number of hydrogen-bond donors (Lipinski definition) is 2. The van der Waals surface area contributed by atoms with E-state index in [0.29, 0.717) is 15.4 Å². The second-order valence-electron chi connectivity index (χ2n) is 7.11. The minimum absolute atomic E-state index is 0.137. The number of fused-ring (bicyclic) bond motifs is 1. The largest absolute Gasteiger partial charge is 0.325 e. The van der Waals surface area contributed by atoms with Crippen LogP contribution < -0.4 is 10.9 Å². The maximum absolute atomic E-state index is 12.8. The zero-order valence-corrected chi connectivity index (χ0v) is 18.5. The van der Waals surface area contributed by atoms with Crippen LogP contribution in [0.5, 0.6) is 0 Å². The number of nitrogens with one attached hydrogen (secondary N) is 2. The van der Waals surface area contributed by atoms with Crippen molar-refractivity contribution in [3.05, 3.63) is 74.9 Å². The van der Waals surface area contributed by atoms with Gasteiger partial charge < -0.3 is 10.3 Å². The fourth-order valence-electron chi connectivity index (χ4n) is 3.39. The Morgan fingerprint density at radius 1 is 1.13 bits per heavy atom. The Bertz CT molecular complexity index is 1290. The molecule has 5 nitrogen and oxygen atoms in total. The van der Waals surface area contributed by atoms with Crippen LogP contribution in [0.15, 0.2) is 58.5 Å².